The normalized spacial score (nSPS) is 21.5. The number of hydrogen-bond acceptors (Lipinski definition) is 4. The number of hydrogen-bond donors (Lipinski definition) is 2. The van der Waals surface area contributed by atoms with Crippen molar-refractivity contribution in [1.29, 1.82) is 0 Å². The molecule has 0 radical (unpaired) electrons. The lowest BCUT2D eigenvalue weighted by atomic mass is 10.1. The average molecular weight is 260 g/mol. The van der Waals surface area contributed by atoms with Gasteiger partial charge in [-0.1, -0.05) is 0 Å². The molecule has 17 heavy (non-hydrogen) atoms. The molecule has 0 bridgehead atoms. The molecule has 0 spiro atoms. The number of aliphatic carboxylic acids is 1. The van der Waals surface area contributed by atoms with Crippen molar-refractivity contribution in [2.24, 2.45) is 11.7 Å². The minimum absolute atomic E-state index is 0.0352. The van der Waals surface area contributed by atoms with Crippen LogP contribution in [0.25, 0.3) is 0 Å². The molecule has 0 saturated carbocycles. The molecule has 1 heterocycles. The van der Waals surface area contributed by atoms with Crippen molar-refractivity contribution in [3.63, 3.8) is 0 Å². The molecule has 1 rings (SSSR count). The van der Waals surface area contributed by atoms with Gasteiger partial charge in [-0.3, -0.25) is 9.59 Å². The fourth-order valence-electron chi connectivity index (χ4n) is 2.05. The first-order chi connectivity index (χ1) is 8.04. The predicted molar refractivity (Wildman–Crippen MR) is 67.9 cm³/mol. The van der Waals surface area contributed by atoms with Crippen molar-refractivity contribution in [2.75, 3.05) is 25.1 Å². The van der Waals surface area contributed by atoms with Crippen molar-refractivity contribution < 1.29 is 14.7 Å². The van der Waals surface area contributed by atoms with Crippen molar-refractivity contribution in [3.05, 3.63) is 0 Å². The summed E-state index contributed by atoms with van der Waals surface area (Å²) >= 11 is 1.67. The van der Waals surface area contributed by atoms with E-state index >= 15 is 0 Å². The number of likely N-dealkylation sites (tertiary alicyclic amines) is 1. The summed E-state index contributed by atoms with van der Waals surface area (Å²) in [7, 11) is 0. The summed E-state index contributed by atoms with van der Waals surface area (Å²) < 4.78 is 0. The third-order valence-electron chi connectivity index (χ3n) is 3.01. The quantitative estimate of drug-likeness (QED) is 0.722. The van der Waals surface area contributed by atoms with E-state index < -0.39 is 12.0 Å². The molecule has 0 aliphatic carbocycles. The Bertz CT molecular complexity index is 286. The van der Waals surface area contributed by atoms with Gasteiger partial charge >= 0.3 is 5.97 Å². The van der Waals surface area contributed by atoms with Crippen LogP contribution in [0.3, 0.4) is 0 Å². The highest BCUT2D eigenvalue weighted by Crippen LogP contribution is 2.20. The van der Waals surface area contributed by atoms with Crippen molar-refractivity contribution >= 4 is 23.6 Å². The number of carboxylic acid groups (broad SMARTS) is 1. The fourth-order valence-corrected chi connectivity index (χ4v) is 2.54. The van der Waals surface area contributed by atoms with E-state index in [0.717, 1.165) is 12.2 Å². The lowest BCUT2D eigenvalue weighted by molar-refractivity contribution is -0.138. The predicted octanol–water partition coefficient (Wildman–Crippen LogP) is 0.390. The van der Waals surface area contributed by atoms with Crippen LogP contribution in [0.15, 0.2) is 0 Å². The van der Waals surface area contributed by atoms with Crippen LogP contribution in [-0.4, -0.2) is 53.0 Å². The Hall–Kier alpha value is -0.750. The summed E-state index contributed by atoms with van der Waals surface area (Å²) in [5.41, 5.74) is 5.81. The first-order valence-corrected chi connectivity index (χ1v) is 7.19. The van der Waals surface area contributed by atoms with Crippen molar-refractivity contribution in [1.82, 2.24) is 4.90 Å². The molecule has 1 aliphatic rings. The summed E-state index contributed by atoms with van der Waals surface area (Å²) in [6.07, 6.45) is 3.58. The lowest BCUT2D eigenvalue weighted by Crippen LogP contribution is -2.43. The summed E-state index contributed by atoms with van der Waals surface area (Å²) in [6.45, 7) is 1.18. The van der Waals surface area contributed by atoms with E-state index in [4.69, 9.17) is 10.8 Å². The molecule has 1 amide bonds. The van der Waals surface area contributed by atoms with Gasteiger partial charge < -0.3 is 15.7 Å². The molecule has 6 heteroatoms. The molecular weight excluding hydrogens is 240 g/mol. The van der Waals surface area contributed by atoms with Gasteiger partial charge in [0, 0.05) is 19.5 Å². The number of rotatable bonds is 6. The molecule has 0 aromatic heterocycles. The first kappa shape index (κ1) is 14.3. The third kappa shape index (κ3) is 4.55. The molecule has 2 atom stereocenters. The zero-order valence-electron chi connectivity index (χ0n) is 10.1. The maximum atomic E-state index is 11.9. The number of nitrogens with zero attached hydrogens (tertiary/aromatic N) is 1. The highest BCUT2D eigenvalue weighted by Gasteiger charge is 2.29. The smallest absolute Gasteiger partial charge is 0.303 e. The van der Waals surface area contributed by atoms with E-state index in [1.165, 1.54) is 0 Å². The first-order valence-electron chi connectivity index (χ1n) is 5.79. The van der Waals surface area contributed by atoms with Crippen LogP contribution in [0.1, 0.15) is 19.3 Å². The van der Waals surface area contributed by atoms with Gasteiger partial charge in [-0.25, -0.2) is 0 Å². The maximum Gasteiger partial charge on any atom is 0.303 e. The molecule has 98 valence electrons. The van der Waals surface area contributed by atoms with E-state index in [0.29, 0.717) is 19.5 Å². The molecule has 5 nitrogen and oxygen atoms in total. The number of amides is 1. The van der Waals surface area contributed by atoms with Crippen LogP contribution in [0.5, 0.6) is 0 Å². The lowest BCUT2D eigenvalue weighted by Gasteiger charge is -2.20. The van der Waals surface area contributed by atoms with Crippen LogP contribution in [-0.2, 0) is 9.59 Å². The third-order valence-corrected chi connectivity index (χ3v) is 3.65. The Morgan fingerprint density at radius 2 is 2.29 bits per heavy atom. The maximum absolute atomic E-state index is 11.9. The van der Waals surface area contributed by atoms with Gasteiger partial charge in [-0.05, 0) is 30.8 Å². The van der Waals surface area contributed by atoms with Crippen LogP contribution < -0.4 is 5.73 Å². The SMILES string of the molecule is CSCC[C@@H](N)C(=O)N1CCC(CC(=O)O)C1. The summed E-state index contributed by atoms with van der Waals surface area (Å²) in [4.78, 5) is 24.2. The van der Waals surface area contributed by atoms with Crippen molar-refractivity contribution in [2.45, 2.75) is 25.3 Å². The highest BCUT2D eigenvalue weighted by atomic mass is 32.2. The number of carbonyl (C=O) groups is 2. The van der Waals surface area contributed by atoms with Crippen LogP contribution in [0, 0.1) is 5.92 Å². The molecule has 0 aromatic rings. The van der Waals surface area contributed by atoms with E-state index in [-0.39, 0.29) is 18.2 Å². The number of thioether (sulfide) groups is 1. The molecule has 1 fully saturated rings. The minimum atomic E-state index is -0.795. The van der Waals surface area contributed by atoms with Gasteiger partial charge in [0.15, 0.2) is 0 Å². The standard InChI is InChI=1S/C11H20N2O3S/c1-17-5-3-9(12)11(16)13-4-2-8(7-13)6-10(14)15/h8-9H,2-7,12H2,1H3,(H,14,15)/t8?,9-/m1/s1. The number of carboxylic acids is 1. The minimum Gasteiger partial charge on any atom is -0.481 e. The highest BCUT2D eigenvalue weighted by molar-refractivity contribution is 7.98. The van der Waals surface area contributed by atoms with Gasteiger partial charge in [0.1, 0.15) is 0 Å². The van der Waals surface area contributed by atoms with Crippen LogP contribution >= 0.6 is 11.8 Å². The topological polar surface area (TPSA) is 83.6 Å². The summed E-state index contributed by atoms with van der Waals surface area (Å²) in [6, 6.07) is -0.439. The van der Waals surface area contributed by atoms with E-state index in [1.54, 1.807) is 16.7 Å². The van der Waals surface area contributed by atoms with Crippen LogP contribution in [0.4, 0.5) is 0 Å². The second-order valence-electron chi connectivity index (χ2n) is 4.42. The molecule has 3 N–H and O–H groups in total. The zero-order valence-corrected chi connectivity index (χ0v) is 10.9. The fraction of sp³-hybridized carbons (Fsp3) is 0.818. The van der Waals surface area contributed by atoms with E-state index in [1.807, 2.05) is 6.26 Å². The van der Waals surface area contributed by atoms with E-state index in [9.17, 15) is 9.59 Å². The van der Waals surface area contributed by atoms with Crippen molar-refractivity contribution in [3.8, 4) is 0 Å². The zero-order chi connectivity index (χ0) is 12.8. The van der Waals surface area contributed by atoms with Gasteiger partial charge in [0.25, 0.3) is 0 Å². The summed E-state index contributed by atoms with van der Waals surface area (Å²) in [5.74, 6) is 0.131. The average Bonchev–Trinajstić information content (AvgIpc) is 2.72. The molecule has 1 unspecified atom stereocenters. The van der Waals surface area contributed by atoms with E-state index in [2.05, 4.69) is 0 Å². The van der Waals surface area contributed by atoms with Gasteiger partial charge in [0.2, 0.25) is 5.91 Å². The summed E-state index contributed by atoms with van der Waals surface area (Å²) in [5, 5.41) is 8.69. The molecule has 1 aliphatic heterocycles. The molecule has 1 saturated heterocycles. The Balaban J connectivity index is 2.36. The second kappa shape index (κ2) is 6.86. The van der Waals surface area contributed by atoms with Gasteiger partial charge in [0.05, 0.1) is 6.04 Å². The molecular formula is C11H20N2O3S. The Morgan fingerprint density at radius 3 is 2.88 bits per heavy atom. The van der Waals surface area contributed by atoms with Crippen LogP contribution in [0.2, 0.25) is 0 Å². The Morgan fingerprint density at radius 1 is 1.59 bits per heavy atom. The number of carbonyl (C=O) groups excluding carboxylic acids is 1. The monoisotopic (exact) mass is 260 g/mol. The Labute approximate surface area is 106 Å². The number of nitrogens with two attached hydrogens (primary N) is 1. The second-order valence-corrected chi connectivity index (χ2v) is 5.41. The van der Waals surface area contributed by atoms with Gasteiger partial charge in [-0.15, -0.1) is 0 Å². The largest absolute Gasteiger partial charge is 0.481 e. The van der Waals surface area contributed by atoms with Gasteiger partial charge in [-0.2, -0.15) is 11.8 Å². The molecule has 0 aromatic carbocycles. The Kier molecular flexibility index (Phi) is 5.77.